The van der Waals surface area contributed by atoms with Gasteiger partial charge in [0.25, 0.3) is 5.91 Å². The van der Waals surface area contributed by atoms with E-state index in [1.807, 2.05) is 0 Å². The monoisotopic (exact) mass is 464 g/mol. The average Bonchev–Trinajstić information content (AvgIpc) is 3.03. The van der Waals surface area contributed by atoms with Gasteiger partial charge in [-0.1, -0.05) is 11.6 Å². The third kappa shape index (κ3) is 4.60. The zero-order valence-corrected chi connectivity index (χ0v) is 17.0. The van der Waals surface area contributed by atoms with Crippen LogP contribution in [0.4, 0.5) is 18.9 Å². The summed E-state index contributed by atoms with van der Waals surface area (Å²) in [6, 6.07) is 2.26. The molecule has 3 N–H and O–H groups in total. The number of ether oxygens (including phenoxy) is 1. The highest BCUT2D eigenvalue weighted by Gasteiger charge is 2.33. The highest BCUT2D eigenvalue weighted by atomic mass is 35.5. The minimum atomic E-state index is -4.49. The maximum Gasteiger partial charge on any atom is 0.257 e. The lowest BCUT2D eigenvalue weighted by Crippen LogP contribution is -2.42. The molecule has 0 radical (unpaired) electrons. The average molecular weight is 465 g/mol. The number of aliphatic hydroxyl groups is 1. The fourth-order valence-electron chi connectivity index (χ4n) is 2.82. The highest BCUT2D eigenvalue weighted by molar-refractivity contribution is 7.89. The van der Waals surface area contributed by atoms with Crippen molar-refractivity contribution >= 4 is 33.2 Å². The first-order chi connectivity index (χ1) is 14.0. The van der Waals surface area contributed by atoms with Gasteiger partial charge in [-0.05, 0) is 30.7 Å². The van der Waals surface area contributed by atoms with Crippen LogP contribution < -0.4 is 10.0 Å². The summed E-state index contributed by atoms with van der Waals surface area (Å²) in [5.41, 5.74) is -0.588. The fraction of sp³-hybridized carbons (Fsp3) is 0.278. The molecule has 2 atom stereocenters. The first kappa shape index (κ1) is 22.5. The van der Waals surface area contributed by atoms with Crippen molar-refractivity contribution in [1.29, 1.82) is 0 Å². The van der Waals surface area contributed by atoms with Gasteiger partial charge in [-0.2, -0.15) is 0 Å². The highest BCUT2D eigenvalue weighted by Crippen LogP contribution is 2.26. The van der Waals surface area contributed by atoms with Crippen LogP contribution in [0, 0.1) is 24.4 Å². The number of carbonyl (C=O) groups excluding carboxylic acids is 1. The third-order valence-electron chi connectivity index (χ3n) is 4.38. The van der Waals surface area contributed by atoms with E-state index in [1.54, 1.807) is 0 Å². The topological polar surface area (TPSA) is 105 Å². The molecule has 1 fully saturated rings. The summed E-state index contributed by atoms with van der Waals surface area (Å²) in [4.78, 5) is 11.6. The van der Waals surface area contributed by atoms with E-state index in [2.05, 4.69) is 10.0 Å². The molecule has 1 saturated heterocycles. The second kappa shape index (κ2) is 8.52. The molecule has 1 aliphatic heterocycles. The second-order valence-electron chi connectivity index (χ2n) is 6.64. The molecule has 0 aromatic heterocycles. The lowest BCUT2D eigenvalue weighted by atomic mass is 10.1. The van der Waals surface area contributed by atoms with Crippen LogP contribution in [0.5, 0.6) is 0 Å². The van der Waals surface area contributed by atoms with Gasteiger partial charge in [-0.15, -0.1) is 0 Å². The first-order valence-corrected chi connectivity index (χ1v) is 10.4. The minimum absolute atomic E-state index is 0.0692. The summed E-state index contributed by atoms with van der Waals surface area (Å²) in [5.74, 6) is -4.46. The van der Waals surface area contributed by atoms with E-state index in [1.165, 1.54) is 6.92 Å². The van der Waals surface area contributed by atoms with E-state index < -0.39 is 61.0 Å². The Morgan fingerprint density at radius 3 is 2.47 bits per heavy atom. The van der Waals surface area contributed by atoms with Crippen molar-refractivity contribution in [2.75, 3.05) is 18.5 Å². The first-order valence-electron chi connectivity index (χ1n) is 8.54. The Kier molecular flexibility index (Phi) is 6.39. The Hall–Kier alpha value is -2.18. The molecule has 3 rings (SSSR count). The molecule has 1 heterocycles. The van der Waals surface area contributed by atoms with Crippen molar-refractivity contribution in [3.8, 4) is 0 Å². The van der Waals surface area contributed by atoms with Gasteiger partial charge in [0.1, 0.15) is 10.7 Å². The lowest BCUT2D eigenvalue weighted by Gasteiger charge is -2.16. The van der Waals surface area contributed by atoms with Crippen molar-refractivity contribution in [3.05, 3.63) is 57.9 Å². The summed E-state index contributed by atoms with van der Waals surface area (Å²) in [6.07, 6.45) is -1.12. The molecule has 12 heteroatoms. The van der Waals surface area contributed by atoms with E-state index in [0.29, 0.717) is 12.1 Å². The molecule has 1 aliphatic rings. The van der Waals surface area contributed by atoms with E-state index in [4.69, 9.17) is 16.3 Å². The lowest BCUT2D eigenvalue weighted by molar-refractivity contribution is 0.102. The van der Waals surface area contributed by atoms with Gasteiger partial charge in [0.2, 0.25) is 10.0 Å². The van der Waals surface area contributed by atoms with Gasteiger partial charge < -0.3 is 15.2 Å². The summed E-state index contributed by atoms with van der Waals surface area (Å²) in [5, 5.41) is 11.6. The van der Waals surface area contributed by atoms with Gasteiger partial charge in [-0.3, -0.25) is 4.79 Å². The SMILES string of the molecule is Cc1cc(NC(=O)c2cc(S(=O)(=O)NC3COCC3O)c(F)cc2Cl)cc(F)c1F. The molecule has 0 bridgehead atoms. The molecule has 7 nitrogen and oxygen atoms in total. The van der Waals surface area contributed by atoms with Gasteiger partial charge >= 0.3 is 0 Å². The third-order valence-corrected chi connectivity index (χ3v) is 6.20. The molecule has 1 amide bonds. The maximum atomic E-state index is 14.3. The Balaban J connectivity index is 1.91. The molecule has 0 spiro atoms. The molecule has 162 valence electrons. The smallest absolute Gasteiger partial charge is 0.257 e. The number of carbonyl (C=O) groups is 1. The quantitative estimate of drug-likeness (QED) is 0.630. The molecule has 30 heavy (non-hydrogen) atoms. The van der Waals surface area contributed by atoms with Crippen LogP contribution in [-0.4, -0.2) is 44.8 Å². The zero-order chi connectivity index (χ0) is 22.2. The number of rotatable bonds is 5. The number of amides is 1. The summed E-state index contributed by atoms with van der Waals surface area (Å²) in [6.45, 7) is 1.09. The van der Waals surface area contributed by atoms with Gasteiger partial charge in [0, 0.05) is 11.8 Å². The zero-order valence-electron chi connectivity index (χ0n) is 15.4. The number of sulfonamides is 1. The maximum absolute atomic E-state index is 14.3. The normalized spacial score (nSPS) is 19.1. The molecule has 2 unspecified atom stereocenters. The summed E-state index contributed by atoms with van der Waals surface area (Å²) in [7, 11) is -4.49. The minimum Gasteiger partial charge on any atom is -0.389 e. The molecule has 2 aromatic rings. The van der Waals surface area contributed by atoms with Crippen LogP contribution in [-0.2, 0) is 14.8 Å². The number of halogens is 4. The Morgan fingerprint density at radius 2 is 1.87 bits per heavy atom. The number of anilines is 1. The Labute approximate surface area is 174 Å². The van der Waals surface area contributed by atoms with Gasteiger partial charge in [0.15, 0.2) is 11.6 Å². The van der Waals surface area contributed by atoms with Crippen LogP contribution in [0.15, 0.2) is 29.2 Å². The van der Waals surface area contributed by atoms with E-state index in [0.717, 1.165) is 12.1 Å². The number of hydrogen-bond donors (Lipinski definition) is 3. The summed E-state index contributed by atoms with van der Waals surface area (Å²) >= 11 is 5.88. The van der Waals surface area contributed by atoms with Crippen molar-refractivity contribution in [2.45, 2.75) is 24.0 Å². The van der Waals surface area contributed by atoms with Crippen molar-refractivity contribution in [1.82, 2.24) is 4.72 Å². The largest absolute Gasteiger partial charge is 0.389 e. The number of aliphatic hydroxyl groups excluding tert-OH is 1. The van der Waals surface area contributed by atoms with Gasteiger partial charge in [-0.25, -0.2) is 26.3 Å². The number of nitrogens with one attached hydrogen (secondary N) is 2. The Bertz CT molecular complexity index is 1090. The molecular formula is C18H16ClF3N2O5S. The number of hydrogen-bond acceptors (Lipinski definition) is 5. The predicted octanol–water partition coefficient (Wildman–Crippen LogP) is 2.36. The van der Waals surface area contributed by atoms with Crippen molar-refractivity contribution in [2.24, 2.45) is 0 Å². The van der Waals surface area contributed by atoms with Crippen LogP contribution in [0.3, 0.4) is 0 Å². The molecule has 0 aliphatic carbocycles. The predicted molar refractivity (Wildman–Crippen MR) is 101 cm³/mol. The molecule has 2 aromatic carbocycles. The molecular weight excluding hydrogens is 449 g/mol. The van der Waals surface area contributed by atoms with E-state index in [-0.39, 0.29) is 24.5 Å². The second-order valence-corrected chi connectivity index (χ2v) is 8.73. The summed E-state index contributed by atoms with van der Waals surface area (Å²) < 4.78 is 73.4. The fourth-order valence-corrected chi connectivity index (χ4v) is 4.40. The number of benzene rings is 2. The van der Waals surface area contributed by atoms with Crippen molar-refractivity contribution in [3.63, 3.8) is 0 Å². The van der Waals surface area contributed by atoms with Crippen LogP contribution in [0.2, 0.25) is 5.02 Å². The molecule has 0 saturated carbocycles. The van der Waals surface area contributed by atoms with E-state index in [9.17, 15) is 31.5 Å². The van der Waals surface area contributed by atoms with Crippen LogP contribution in [0.1, 0.15) is 15.9 Å². The van der Waals surface area contributed by atoms with Crippen LogP contribution >= 0.6 is 11.6 Å². The van der Waals surface area contributed by atoms with Gasteiger partial charge in [0.05, 0.1) is 35.9 Å². The Morgan fingerprint density at radius 1 is 1.17 bits per heavy atom. The van der Waals surface area contributed by atoms with E-state index >= 15 is 0 Å². The number of aryl methyl sites for hydroxylation is 1. The van der Waals surface area contributed by atoms with Crippen LogP contribution in [0.25, 0.3) is 0 Å². The van der Waals surface area contributed by atoms with Crippen molar-refractivity contribution < 1.29 is 36.2 Å². The standard InChI is InChI=1S/C18H16ClF3N2O5S/c1-8-2-9(3-13(21)17(8)22)23-18(26)10-4-16(12(20)5-11(10)19)30(27,28)24-14-6-29-7-15(14)25/h2-5,14-15,24-25H,6-7H2,1H3,(H,23,26).